The van der Waals surface area contributed by atoms with Gasteiger partial charge in [0, 0.05) is 12.2 Å². The molecule has 1 aliphatic heterocycles. The molecule has 2 heterocycles. The van der Waals surface area contributed by atoms with Gasteiger partial charge in [-0.1, -0.05) is 0 Å². The van der Waals surface area contributed by atoms with Gasteiger partial charge >= 0.3 is 12.1 Å². The van der Waals surface area contributed by atoms with Gasteiger partial charge in [0.05, 0.1) is 17.8 Å². The average Bonchev–Trinajstić information content (AvgIpc) is 3.03. The van der Waals surface area contributed by atoms with E-state index in [4.69, 9.17) is 0 Å². The van der Waals surface area contributed by atoms with Crippen molar-refractivity contribution in [2.24, 2.45) is 0 Å². The van der Waals surface area contributed by atoms with Gasteiger partial charge in [0.2, 0.25) is 0 Å². The van der Waals surface area contributed by atoms with Gasteiger partial charge in [-0.05, 0) is 30.7 Å². The molecule has 1 N–H and O–H groups in total. The summed E-state index contributed by atoms with van der Waals surface area (Å²) in [5.41, 5.74) is -2.11. The Kier molecular flexibility index (Phi) is 4.21. The minimum absolute atomic E-state index is 0.0592. The number of carbonyl (C=O) groups excluding carboxylic acids is 1. The number of aromatic carboxylic acids is 1. The van der Waals surface area contributed by atoms with E-state index in [1.165, 1.54) is 4.68 Å². The second-order valence-corrected chi connectivity index (χ2v) is 5.89. The summed E-state index contributed by atoms with van der Waals surface area (Å²) in [6.45, 7) is 0.393. The monoisotopic (exact) mass is 371 g/mol. The molecule has 1 aliphatic rings. The van der Waals surface area contributed by atoms with Crippen LogP contribution in [0.4, 0.5) is 23.2 Å². The molecule has 1 aromatic carbocycles. The fraction of sp³-hybridized carbons (Fsp3) is 0.312. The fourth-order valence-electron chi connectivity index (χ4n) is 2.98. The van der Waals surface area contributed by atoms with Crippen LogP contribution in [0.1, 0.15) is 44.9 Å². The molecule has 0 bridgehead atoms. The Labute approximate surface area is 144 Å². The Morgan fingerprint density at radius 3 is 2.65 bits per heavy atom. The summed E-state index contributed by atoms with van der Waals surface area (Å²) in [6.07, 6.45) is -3.66. The van der Waals surface area contributed by atoms with Crippen LogP contribution < -0.4 is 4.90 Å². The van der Waals surface area contributed by atoms with Gasteiger partial charge in [-0.25, -0.2) is 9.18 Å². The summed E-state index contributed by atoms with van der Waals surface area (Å²) >= 11 is 0. The molecule has 0 spiro atoms. The highest BCUT2D eigenvalue weighted by molar-refractivity contribution is 6.11. The van der Waals surface area contributed by atoms with Gasteiger partial charge in [0.25, 0.3) is 5.91 Å². The third kappa shape index (κ3) is 2.80. The van der Waals surface area contributed by atoms with Crippen molar-refractivity contribution in [2.45, 2.75) is 25.8 Å². The molecule has 3 rings (SSSR count). The van der Waals surface area contributed by atoms with E-state index in [9.17, 15) is 32.3 Å². The molecule has 0 radical (unpaired) electrons. The first-order chi connectivity index (χ1) is 12.1. The van der Waals surface area contributed by atoms with E-state index in [2.05, 4.69) is 5.10 Å². The molecule has 0 aliphatic carbocycles. The third-order valence-electron chi connectivity index (χ3n) is 4.19. The largest absolute Gasteiger partial charge is 0.478 e. The Morgan fingerprint density at radius 1 is 1.38 bits per heavy atom. The minimum Gasteiger partial charge on any atom is -0.478 e. The predicted octanol–water partition coefficient (Wildman–Crippen LogP) is 3.29. The minimum atomic E-state index is -4.71. The van der Waals surface area contributed by atoms with Gasteiger partial charge in [-0.2, -0.15) is 18.3 Å². The van der Waals surface area contributed by atoms with Crippen molar-refractivity contribution in [3.63, 3.8) is 0 Å². The van der Waals surface area contributed by atoms with E-state index in [0.29, 0.717) is 6.07 Å². The highest BCUT2D eigenvalue weighted by Crippen LogP contribution is 2.36. The van der Waals surface area contributed by atoms with Crippen LogP contribution in [0.2, 0.25) is 0 Å². The number of aromatic nitrogens is 2. The summed E-state index contributed by atoms with van der Waals surface area (Å²) in [5, 5.41) is 13.1. The molecule has 6 nitrogen and oxygen atoms in total. The molecular formula is C16H13F4N3O3. The molecule has 10 heteroatoms. The first-order valence-electron chi connectivity index (χ1n) is 7.54. The Bertz CT molecular complexity index is 891. The average molecular weight is 371 g/mol. The van der Waals surface area contributed by atoms with Gasteiger partial charge in [-0.3, -0.25) is 9.48 Å². The van der Waals surface area contributed by atoms with E-state index in [1.54, 1.807) is 6.92 Å². The van der Waals surface area contributed by atoms with Crippen molar-refractivity contribution in [3.05, 3.63) is 46.8 Å². The van der Waals surface area contributed by atoms with Crippen LogP contribution >= 0.6 is 0 Å². The third-order valence-corrected chi connectivity index (χ3v) is 4.19. The molecule has 0 unspecified atom stereocenters. The van der Waals surface area contributed by atoms with Crippen molar-refractivity contribution in [1.82, 2.24) is 9.78 Å². The number of amides is 1. The van der Waals surface area contributed by atoms with Crippen LogP contribution in [0.5, 0.6) is 0 Å². The Hall–Kier alpha value is -2.91. The summed E-state index contributed by atoms with van der Waals surface area (Å²) in [6, 6.07) is 2.33. The normalized spacial score (nSPS) is 17.3. The fourth-order valence-corrected chi connectivity index (χ4v) is 2.98. The maximum atomic E-state index is 13.1. The number of hydrogen-bond donors (Lipinski definition) is 1. The van der Waals surface area contributed by atoms with Gasteiger partial charge in [-0.15, -0.1) is 0 Å². The van der Waals surface area contributed by atoms with Crippen molar-refractivity contribution in [3.8, 4) is 0 Å². The molecule has 1 amide bonds. The Balaban J connectivity index is 2.07. The van der Waals surface area contributed by atoms with Crippen LogP contribution in [0.15, 0.2) is 24.4 Å². The zero-order valence-corrected chi connectivity index (χ0v) is 13.4. The second-order valence-electron chi connectivity index (χ2n) is 5.89. The topological polar surface area (TPSA) is 75.4 Å². The molecule has 0 fully saturated rings. The number of carbonyl (C=O) groups is 2. The molecule has 138 valence electrons. The second kappa shape index (κ2) is 6.11. The highest BCUT2D eigenvalue weighted by Gasteiger charge is 2.37. The molecule has 0 saturated heterocycles. The maximum absolute atomic E-state index is 13.1. The summed E-state index contributed by atoms with van der Waals surface area (Å²) in [4.78, 5) is 25.1. The molecule has 26 heavy (non-hydrogen) atoms. The zero-order chi connectivity index (χ0) is 19.2. The molecule has 0 saturated carbocycles. The summed E-state index contributed by atoms with van der Waals surface area (Å²) in [7, 11) is 0. The number of nitrogens with zero attached hydrogens (tertiary/aromatic N) is 3. The van der Waals surface area contributed by atoms with Crippen LogP contribution in [-0.2, 0) is 12.9 Å². The van der Waals surface area contributed by atoms with Crippen molar-refractivity contribution < 1.29 is 32.3 Å². The van der Waals surface area contributed by atoms with Gasteiger partial charge < -0.3 is 10.0 Å². The Morgan fingerprint density at radius 2 is 2.08 bits per heavy atom. The lowest BCUT2D eigenvalue weighted by Crippen LogP contribution is -2.43. The first kappa shape index (κ1) is 17.9. The quantitative estimate of drug-likeness (QED) is 0.840. The number of hydrogen-bond acceptors (Lipinski definition) is 3. The van der Waals surface area contributed by atoms with Crippen molar-refractivity contribution in [2.75, 3.05) is 11.4 Å². The zero-order valence-electron chi connectivity index (χ0n) is 13.4. The lowest BCUT2D eigenvalue weighted by Gasteiger charge is -2.32. The number of carboxylic acids is 1. The number of anilines is 1. The van der Waals surface area contributed by atoms with Crippen LogP contribution in [-0.4, -0.2) is 33.3 Å². The smallest absolute Gasteiger partial charge is 0.416 e. The molecule has 1 aromatic heterocycles. The molecular weight excluding hydrogens is 358 g/mol. The van der Waals surface area contributed by atoms with Crippen molar-refractivity contribution in [1.29, 1.82) is 0 Å². The standard InChI is InChI=1S/C16H13F4N3O3/c1-8-7-22(14(24)13-11(15(25)26)6-21-23(8)13)10-2-3-12(16(18,19)20)9(4-10)5-17/h2-4,6,8H,5,7H2,1H3,(H,25,26)/t8-/m0/s1. The van der Waals surface area contributed by atoms with E-state index < -0.39 is 41.9 Å². The lowest BCUT2D eigenvalue weighted by molar-refractivity contribution is -0.138. The van der Waals surface area contributed by atoms with Crippen LogP contribution in [0, 0.1) is 0 Å². The number of alkyl halides is 4. The maximum Gasteiger partial charge on any atom is 0.416 e. The van der Waals surface area contributed by atoms with E-state index in [-0.39, 0.29) is 23.5 Å². The van der Waals surface area contributed by atoms with E-state index in [0.717, 1.165) is 23.2 Å². The SMILES string of the molecule is C[C@H]1CN(c2ccc(C(F)(F)F)c(CF)c2)C(=O)c2c(C(=O)O)cnn21. The van der Waals surface area contributed by atoms with Crippen molar-refractivity contribution >= 4 is 17.6 Å². The van der Waals surface area contributed by atoms with Crippen LogP contribution in [0.25, 0.3) is 0 Å². The molecule has 2 aromatic rings. The van der Waals surface area contributed by atoms with E-state index in [1.807, 2.05) is 0 Å². The van der Waals surface area contributed by atoms with E-state index >= 15 is 0 Å². The summed E-state index contributed by atoms with van der Waals surface area (Å²) < 4.78 is 53.1. The number of carboxylic acid groups (broad SMARTS) is 1. The number of fused-ring (bicyclic) bond motifs is 1. The summed E-state index contributed by atoms with van der Waals surface area (Å²) in [5.74, 6) is -2.06. The van der Waals surface area contributed by atoms with Gasteiger partial charge in [0.15, 0.2) is 0 Å². The highest BCUT2D eigenvalue weighted by atomic mass is 19.4. The number of benzene rings is 1. The number of halogens is 4. The van der Waals surface area contributed by atoms with Gasteiger partial charge in [0.1, 0.15) is 17.9 Å². The lowest BCUT2D eigenvalue weighted by atomic mass is 10.0. The predicted molar refractivity (Wildman–Crippen MR) is 81.8 cm³/mol. The van der Waals surface area contributed by atoms with Crippen LogP contribution in [0.3, 0.4) is 0 Å². The first-order valence-corrected chi connectivity index (χ1v) is 7.54. The number of rotatable bonds is 3. The molecule has 1 atom stereocenters.